The average Bonchev–Trinajstić information content (AvgIpc) is 3.14. The Morgan fingerprint density at radius 2 is 1.02 bits per heavy atom. The Balaban J connectivity index is 4.26. The van der Waals surface area contributed by atoms with Crippen molar-refractivity contribution in [3.05, 3.63) is 24.3 Å². The van der Waals surface area contributed by atoms with Gasteiger partial charge < -0.3 is 25.6 Å². The molecular weight excluding hydrogens is 668 g/mol. The molecular formula is C44H80N2O7. The molecule has 0 spiro atoms. The van der Waals surface area contributed by atoms with Gasteiger partial charge in [-0.05, 0) is 70.3 Å². The fraction of sp³-hybridized carbons (Fsp3) is 0.818. The number of nitrogens with one attached hydrogen (secondary N) is 2. The summed E-state index contributed by atoms with van der Waals surface area (Å²) in [6.07, 6.45) is 42.2. The summed E-state index contributed by atoms with van der Waals surface area (Å²) in [6, 6.07) is -1.38. The summed E-state index contributed by atoms with van der Waals surface area (Å²) in [7, 11) is 0. The van der Waals surface area contributed by atoms with Crippen LogP contribution in [0.1, 0.15) is 206 Å². The van der Waals surface area contributed by atoms with Gasteiger partial charge in [-0.1, -0.05) is 148 Å². The van der Waals surface area contributed by atoms with Gasteiger partial charge in [-0.15, -0.1) is 0 Å². The first-order valence-electron chi connectivity index (χ1n) is 21.7. The van der Waals surface area contributed by atoms with Gasteiger partial charge in [0.25, 0.3) is 0 Å². The van der Waals surface area contributed by atoms with Crippen LogP contribution in [0.5, 0.6) is 0 Å². The van der Waals surface area contributed by atoms with Crippen molar-refractivity contribution >= 4 is 23.8 Å². The predicted molar refractivity (Wildman–Crippen MR) is 218 cm³/mol. The van der Waals surface area contributed by atoms with Crippen LogP contribution in [0.15, 0.2) is 24.3 Å². The molecule has 53 heavy (non-hydrogen) atoms. The first-order chi connectivity index (χ1) is 25.8. The fourth-order valence-corrected chi connectivity index (χ4v) is 6.27. The van der Waals surface area contributed by atoms with E-state index in [0.717, 1.165) is 64.2 Å². The van der Waals surface area contributed by atoms with Crippen LogP contribution >= 0.6 is 0 Å². The molecule has 0 saturated heterocycles. The summed E-state index contributed by atoms with van der Waals surface area (Å²) in [6.45, 7) is 3.47. The van der Waals surface area contributed by atoms with Crippen molar-refractivity contribution in [2.24, 2.45) is 0 Å². The van der Waals surface area contributed by atoms with Gasteiger partial charge in [-0.3, -0.25) is 14.4 Å². The minimum atomic E-state index is -1.38. The number of carbonyl (C=O) groups is 4. The Labute approximate surface area is 324 Å². The summed E-state index contributed by atoms with van der Waals surface area (Å²) in [5.74, 6) is -2.33. The predicted octanol–water partition coefficient (Wildman–Crippen LogP) is 10.4. The number of ether oxygens (including phenoxy) is 1. The number of aliphatic carboxylic acids is 1. The smallest absolute Gasteiger partial charge is 0.328 e. The topological polar surface area (TPSA) is 142 Å². The minimum absolute atomic E-state index is 0.0842. The fourth-order valence-electron chi connectivity index (χ4n) is 6.27. The largest absolute Gasteiger partial charge is 0.480 e. The molecule has 2 unspecified atom stereocenters. The molecule has 0 aliphatic carbocycles. The van der Waals surface area contributed by atoms with Crippen LogP contribution in [-0.2, 0) is 23.9 Å². The van der Waals surface area contributed by atoms with E-state index in [1.807, 2.05) is 0 Å². The van der Waals surface area contributed by atoms with Gasteiger partial charge in [0.1, 0.15) is 12.1 Å². The Kier molecular flexibility index (Phi) is 37.1. The third kappa shape index (κ3) is 36.1. The number of aliphatic hydroxyl groups is 1. The number of carbonyl (C=O) groups excluding carboxylic acids is 3. The second-order valence-electron chi connectivity index (χ2n) is 14.8. The van der Waals surface area contributed by atoms with E-state index in [0.29, 0.717) is 19.3 Å². The lowest BCUT2D eigenvalue weighted by molar-refractivity contribution is -0.147. The molecule has 0 bridgehead atoms. The first kappa shape index (κ1) is 50.3. The molecule has 0 heterocycles. The second kappa shape index (κ2) is 39.0. The molecule has 4 N–H and O–H groups in total. The zero-order chi connectivity index (χ0) is 39.0. The molecule has 0 aliphatic heterocycles. The van der Waals surface area contributed by atoms with Crippen LogP contribution in [0.3, 0.4) is 0 Å². The van der Waals surface area contributed by atoms with Crippen LogP contribution in [0.25, 0.3) is 0 Å². The van der Waals surface area contributed by atoms with E-state index in [9.17, 15) is 19.2 Å². The Hall–Kier alpha value is -2.68. The molecule has 2 amide bonds. The third-order valence-electron chi connectivity index (χ3n) is 9.66. The summed E-state index contributed by atoms with van der Waals surface area (Å²) in [5.41, 5.74) is 0. The van der Waals surface area contributed by atoms with E-state index in [1.54, 1.807) is 0 Å². The lowest BCUT2D eigenvalue weighted by atomic mass is 10.0. The Bertz CT molecular complexity index is 952. The lowest BCUT2D eigenvalue weighted by Gasteiger charge is -2.15. The second-order valence-corrected chi connectivity index (χ2v) is 14.8. The van der Waals surface area contributed by atoms with Crippen LogP contribution in [0, 0.1) is 0 Å². The maximum absolute atomic E-state index is 12.7. The molecule has 0 aromatic heterocycles. The van der Waals surface area contributed by atoms with Gasteiger partial charge in [-0.2, -0.15) is 0 Å². The number of hydrogen-bond acceptors (Lipinski definition) is 6. The van der Waals surface area contributed by atoms with Gasteiger partial charge >= 0.3 is 11.9 Å². The van der Waals surface area contributed by atoms with E-state index in [1.165, 1.54) is 109 Å². The summed E-state index contributed by atoms with van der Waals surface area (Å²) in [4.78, 5) is 47.4. The van der Waals surface area contributed by atoms with Crippen LogP contribution in [0.2, 0.25) is 0 Å². The molecule has 0 aromatic rings. The number of aliphatic hydroxyl groups excluding tert-OH is 1. The van der Waals surface area contributed by atoms with Gasteiger partial charge in [0.15, 0.2) is 0 Å². The number of rotatable bonds is 39. The summed E-state index contributed by atoms with van der Waals surface area (Å²) < 4.78 is 5.94. The quantitative estimate of drug-likeness (QED) is 0.0278. The van der Waals surface area contributed by atoms with E-state index >= 15 is 0 Å². The molecule has 9 heteroatoms. The Morgan fingerprint density at radius 1 is 0.566 bits per heavy atom. The van der Waals surface area contributed by atoms with Gasteiger partial charge in [-0.25, -0.2) is 4.79 Å². The summed E-state index contributed by atoms with van der Waals surface area (Å²) in [5, 5.41) is 22.5. The number of allylic oxidation sites excluding steroid dienone is 3. The average molecular weight is 749 g/mol. The van der Waals surface area contributed by atoms with Crippen LogP contribution in [0.4, 0.5) is 0 Å². The molecule has 0 aromatic carbocycles. The van der Waals surface area contributed by atoms with E-state index in [-0.39, 0.29) is 24.5 Å². The molecule has 0 radical (unpaired) electrons. The molecule has 0 rings (SSSR count). The van der Waals surface area contributed by atoms with Crippen molar-refractivity contribution in [2.75, 3.05) is 13.2 Å². The van der Waals surface area contributed by atoms with Crippen molar-refractivity contribution in [1.82, 2.24) is 10.6 Å². The zero-order valence-corrected chi connectivity index (χ0v) is 34.0. The van der Waals surface area contributed by atoms with Gasteiger partial charge in [0.05, 0.1) is 13.2 Å². The monoisotopic (exact) mass is 749 g/mol. The number of esters is 1. The highest BCUT2D eigenvalue weighted by Gasteiger charge is 2.18. The molecule has 9 nitrogen and oxygen atoms in total. The van der Waals surface area contributed by atoms with Gasteiger partial charge in [0.2, 0.25) is 11.8 Å². The first-order valence-corrected chi connectivity index (χ1v) is 21.7. The standard InChI is InChI=1S/C44H80N2O7/c1-3-5-7-9-11-13-14-15-16-17-18-20-22-28-32-36-43(50)53-39(33-29-25-21-19-12-10-8-6-4-2)34-30-26-23-24-27-31-35-41(48)45-37-42(49)46-40(38-47)44(51)52/h15-16,29,33,39-40,47H,3-14,17-28,30-32,34-38H2,1-2H3,(H,45,48)(H,46,49)(H,51,52)/b16-15-,33-29-. The van der Waals surface area contributed by atoms with Crippen molar-refractivity contribution in [3.63, 3.8) is 0 Å². The van der Waals surface area contributed by atoms with Gasteiger partial charge in [0, 0.05) is 12.8 Å². The molecule has 308 valence electrons. The van der Waals surface area contributed by atoms with Crippen molar-refractivity contribution in [3.8, 4) is 0 Å². The van der Waals surface area contributed by atoms with Crippen LogP contribution < -0.4 is 10.6 Å². The third-order valence-corrected chi connectivity index (χ3v) is 9.66. The molecule has 0 saturated carbocycles. The lowest BCUT2D eigenvalue weighted by Crippen LogP contribution is -2.47. The van der Waals surface area contributed by atoms with Crippen molar-refractivity contribution < 1.29 is 34.1 Å². The maximum atomic E-state index is 12.7. The number of unbranched alkanes of at least 4 members (excludes halogenated alkanes) is 23. The van der Waals surface area contributed by atoms with Crippen LogP contribution in [-0.4, -0.2) is 59.3 Å². The summed E-state index contributed by atoms with van der Waals surface area (Å²) >= 11 is 0. The number of carboxylic acids is 1. The highest BCUT2D eigenvalue weighted by Crippen LogP contribution is 2.16. The highest BCUT2D eigenvalue weighted by atomic mass is 16.5. The molecule has 0 fully saturated rings. The van der Waals surface area contributed by atoms with Crippen molar-refractivity contribution in [2.45, 2.75) is 219 Å². The number of hydrogen-bond donors (Lipinski definition) is 4. The molecule has 0 aliphatic rings. The highest BCUT2D eigenvalue weighted by molar-refractivity contribution is 5.87. The Morgan fingerprint density at radius 3 is 1.53 bits per heavy atom. The number of carboxylic acid groups (broad SMARTS) is 1. The normalized spacial score (nSPS) is 12.7. The zero-order valence-electron chi connectivity index (χ0n) is 34.0. The SMILES string of the molecule is CCCCCCCC/C=C\CCCCCCCC(=O)OC(/C=C\CCCCCCCCC)CCCCCCCCC(=O)NCC(=O)NC(CO)C(=O)O. The van der Waals surface area contributed by atoms with E-state index < -0.39 is 24.5 Å². The molecule has 2 atom stereocenters. The van der Waals surface area contributed by atoms with E-state index in [2.05, 4.69) is 48.8 Å². The van der Waals surface area contributed by atoms with Crippen molar-refractivity contribution in [1.29, 1.82) is 0 Å². The minimum Gasteiger partial charge on any atom is -0.480 e. The van der Waals surface area contributed by atoms with E-state index in [4.69, 9.17) is 14.9 Å². The number of amides is 2. The maximum Gasteiger partial charge on any atom is 0.328 e.